The number of aldehydes is 1. The van der Waals surface area contributed by atoms with E-state index in [-0.39, 0.29) is 6.61 Å². The highest BCUT2D eigenvalue weighted by Gasteiger charge is 1.98. The van der Waals surface area contributed by atoms with Crippen LogP contribution in [0.2, 0.25) is 0 Å². The Labute approximate surface area is 203 Å². The van der Waals surface area contributed by atoms with Gasteiger partial charge in [-0.3, -0.25) is 4.79 Å². The number of benzene rings is 4. The molecule has 0 bridgehead atoms. The van der Waals surface area contributed by atoms with Crippen molar-refractivity contribution in [2.45, 2.75) is 46.1 Å². The molecule has 0 aromatic heterocycles. The van der Waals surface area contributed by atoms with Crippen LogP contribution in [0, 0.1) is 13.8 Å². The number of aliphatic hydroxyl groups is 1. The van der Waals surface area contributed by atoms with Crippen LogP contribution in [0.25, 0.3) is 0 Å². The lowest BCUT2D eigenvalue weighted by molar-refractivity contribution is 0.112. The lowest BCUT2D eigenvalue weighted by atomic mass is 10.0. The van der Waals surface area contributed by atoms with E-state index in [1.165, 1.54) is 33.4 Å². The average Bonchev–Trinajstić information content (AvgIpc) is 2.87. The molecule has 2 heteroatoms. The highest BCUT2D eigenvalue weighted by atomic mass is 16.3. The van der Waals surface area contributed by atoms with E-state index in [0.717, 1.165) is 43.1 Å². The summed E-state index contributed by atoms with van der Waals surface area (Å²) in [5, 5.41) is 8.97. The van der Waals surface area contributed by atoms with Crippen molar-refractivity contribution in [3.05, 3.63) is 142 Å². The second-order valence-electron chi connectivity index (χ2n) is 8.81. The molecule has 4 aromatic rings. The van der Waals surface area contributed by atoms with Crippen LogP contribution in [-0.2, 0) is 32.3 Å². The molecule has 0 saturated carbocycles. The normalized spacial score (nSPS) is 10.3. The lowest BCUT2D eigenvalue weighted by Gasteiger charge is -2.04. The van der Waals surface area contributed by atoms with Crippen LogP contribution >= 0.6 is 0 Å². The Morgan fingerprint density at radius 3 is 1.38 bits per heavy atom. The Hall–Kier alpha value is -3.49. The summed E-state index contributed by atoms with van der Waals surface area (Å²) in [5.74, 6) is 0. The molecule has 174 valence electrons. The number of carbonyl (C=O) groups excluding carboxylic acids is 1. The molecule has 0 amide bonds. The number of aliphatic hydroxyl groups excluding tert-OH is 1. The zero-order valence-corrected chi connectivity index (χ0v) is 20.2. The van der Waals surface area contributed by atoms with Gasteiger partial charge in [-0.05, 0) is 67.3 Å². The van der Waals surface area contributed by atoms with E-state index < -0.39 is 0 Å². The van der Waals surface area contributed by atoms with Crippen molar-refractivity contribution in [1.29, 1.82) is 0 Å². The van der Waals surface area contributed by atoms with Crippen molar-refractivity contribution >= 4 is 6.29 Å². The van der Waals surface area contributed by atoms with Crippen molar-refractivity contribution in [3.8, 4) is 0 Å². The fourth-order valence-corrected chi connectivity index (χ4v) is 3.89. The van der Waals surface area contributed by atoms with E-state index in [9.17, 15) is 4.79 Å². The molecular formula is C32H34O2. The van der Waals surface area contributed by atoms with Gasteiger partial charge < -0.3 is 5.11 Å². The zero-order chi connectivity index (χ0) is 24.2. The predicted octanol–water partition coefficient (Wildman–Crippen LogP) is 6.87. The Kier molecular flexibility index (Phi) is 9.81. The van der Waals surface area contributed by atoms with Gasteiger partial charge in [-0.15, -0.1) is 0 Å². The number of hydrogen-bond donors (Lipinski definition) is 1. The van der Waals surface area contributed by atoms with Gasteiger partial charge in [0.05, 0.1) is 6.61 Å². The first-order valence-electron chi connectivity index (χ1n) is 11.9. The summed E-state index contributed by atoms with van der Waals surface area (Å²) in [7, 11) is 0. The van der Waals surface area contributed by atoms with Crippen LogP contribution in [-0.4, -0.2) is 11.4 Å². The van der Waals surface area contributed by atoms with E-state index in [2.05, 4.69) is 74.5 Å². The maximum atomic E-state index is 10.5. The second-order valence-corrected chi connectivity index (χ2v) is 8.81. The quantitative estimate of drug-likeness (QED) is 0.298. The van der Waals surface area contributed by atoms with Crippen molar-refractivity contribution in [1.82, 2.24) is 0 Å². The molecule has 4 rings (SSSR count). The fraction of sp³-hybridized carbons (Fsp3) is 0.219. The Bertz CT molecular complexity index is 1160. The highest BCUT2D eigenvalue weighted by molar-refractivity contribution is 5.74. The molecule has 0 saturated heterocycles. The number of hydrogen-bond acceptors (Lipinski definition) is 2. The van der Waals surface area contributed by atoms with Gasteiger partial charge in [0, 0.05) is 5.56 Å². The third-order valence-electron chi connectivity index (χ3n) is 5.89. The minimum Gasteiger partial charge on any atom is -0.392 e. The van der Waals surface area contributed by atoms with E-state index in [1.54, 1.807) is 0 Å². The summed E-state index contributed by atoms with van der Waals surface area (Å²) in [4.78, 5) is 10.5. The maximum absolute atomic E-state index is 10.5. The summed E-state index contributed by atoms with van der Waals surface area (Å²) in [6.45, 7) is 4.36. The molecule has 2 nitrogen and oxygen atoms in total. The first kappa shape index (κ1) is 25.1. The van der Waals surface area contributed by atoms with Crippen LogP contribution in [0.3, 0.4) is 0 Å². The van der Waals surface area contributed by atoms with Crippen LogP contribution in [0.1, 0.15) is 49.3 Å². The molecule has 0 aliphatic rings. The van der Waals surface area contributed by atoms with Gasteiger partial charge in [-0.1, -0.05) is 108 Å². The third kappa shape index (κ3) is 8.46. The predicted molar refractivity (Wildman–Crippen MR) is 141 cm³/mol. The molecule has 0 aliphatic carbocycles. The topological polar surface area (TPSA) is 37.3 Å². The Morgan fingerprint density at radius 2 is 0.971 bits per heavy atom. The van der Waals surface area contributed by atoms with Crippen molar-refractivity contribution in [2.24, 2.45) is 0 Å². The van der Waals surface area contributed by atoms with Crippen molar-refractivity contribution < 1.29 is 9.90 Å². The van der Waals surface area contributed by atoms with E-state index in [1.807, 2.05) is 36.4 Å². The van der Waals surface area contributed by atoms with Gasteiger partial charge >= 0.3 is 0 Å². The first-order chi connectivity index (χ1) is 16.6. The van der Waals surface area contributed by atoms with Crippen molar-refractivity contribution in [3.63, 3.8) is 0 Å². The molecular weight excluding hydrogens is 416 g/mol. The van der Waals surface area contributed by atoms with Gasteiger partial charge in [-0.2, -0.15) is 0 Å². The molecule has 0 radical (unpaired) electrons. The molecule has 1 N–H and O–H groups in total. The first-order valence-corrected chi connectivity index (χ1v) is 11.9. The lowest BCUT2D eigenvalue weighted by Crippen LogP contribution is -1.92. The molecule has 4 aromatic carbocycles. The Balaban J connectivity index is 0.000000191. The van der Waals surface area contributed by atoms with Crippen LogP contribution in [0.4, 0.5) is 0 Å². The van der Waals surface area contributed by atoms with Crippen LogP contribution < -0.4 is 0 Å². The van der Waals surface area contributed by atoms with Gasteiger partial charge in [0.1, 0.15) is 6.29 Å². The standard InChI is InChI=1S/C16H18O.C16H16O/c2*1-13-3-2-4-15(11-13)8-5-14-6-9-16(12-17)10-7-14/h2-4,6-7,9-11,17H,5,8,12H2,1H3;2-4,6-7,9-12H,5,8H2,1H3. The molecule has 34 heavy (non-hydrogen) atoms. The monoisotopic (exact) mass is 450 g/mol. The number of rotatable bonds is 8. The van der Waals surface area contributed by atoms with Gasteiger partial charge in [0.2, 0.25) is 0 Å². The van der Waals surface area contributed by atoms with Gasteiger partial charge in [-0.25, -0.2) is 0 Å². The summed E-state index contributed by atoms with van der Waals surface area (Å²) in [6.07, 6.45) is 5.06. The van der Waals surface area contributed by atoms with E-state index in [4.69, 9.17) is 5.11 Å². The molecule has 0 spiro atoms. The zero-order valence-electron chi connectivity index (χ0n) is 20.2. The smallest absolute Gasteiger partial charge is 0.150 e. The minimum absolute atomic E-state index is 0.123. The van der Waals surface area contributed by atoms with Crippen LogP contribution in [0.5, 0.6) is 0 Å². The second kappa shape index (κ2) is 13.3. The number of aryl methyl sites for hydroxylation is 6. The van der Waals surface area contributed by atoms with E-state index in [0.29, 0.717) is 0 Å². The largest absolute Gasteiger partial charge is 0.392 e. The van der Waals surface area contributed by atoms with Crippen LogP contribution in [0.15, 0.2) is 97.1 Å². The summed E-state index contributed by atoms with van der Waals surface area (Å²) < 4.78 is 0. The average molecular weight is 451 g/mol. The summed E-state index contributed by atoms with van der Waals surface area (Å²) in [5.41, 5.74) is 9.69. The summed E-state index contributed by atoms with van der Waals surface area (Å²) >= 11 is 0. The molecule has 0 atom stereocenters. The molecule has 0 aliphatic heterocycles. The third-order valence-corrected chi connectivity index (χ3v) is 5.89. The Morgan fingerprint density at radius 1 is 0.559 bits per heavy atom. The molecule has 0 heterocycles. The maximum Gasteiger partial charge on any atom is 0.150 e. The highest BCUT2D eigenvalue weighted by Crippen LogP contribution is 2.11. The van der Waals surface area contributed by atoms with Gasteiger partial charge in [0.25, 0.3) is 0 Å². The van der Waals surface area contributed by atoms with Gasteiger partial charge in [0.15, 0.2) is 0 Å². The van der Waals surface area contributed by atoms with Crippen molar-refractivity contribution in [2.75, 3.05) is 0 Å². The fourth-order valence-electron chi connectivity index (χ4n) is 3.89. The van der Waals surface area contributed by atoms with E-state index >= 15 is 0 Å². The molecule has 0 unspecified atom stereocenters. The SMILES string of the molecule is Cc1cccc(CCc2ccc(C=O)cc2)c1.Cc1cccc(CCc2ccc(CO)cc2)c1. The minimum atomic E-state index is 0.123. The number of carbonyl (C=O) groups is 1. The molecule has 0 fully saturated rings. The summed E-state index contributed by atoms with van der Waals surface area (Å²) in [6, 6.07) is 33.2.